The van der Waals surface area contributed by atoms with E-state index in [1.54, 1.807) is 37.3 Å². The lowest BCUT2D eigenvalue weighted by Gasteiger charge is -2.27. The number of nitrogens with one attached hydrogen (secondary N) is 5. The molecule has 0 aliphatic carbocycles. The van der Waals surface area contributed by atoms with Gasteiger partial charge in [-0.2, -0.15) is 12.6 Å². The van der Waals surface area contributed by atoms with Crippen LogP contribution in [0.15, 0.2) is 40.3 Å². The van der Waals surface area contributed by atoms with Crippen LogP contribution in [-0.2, 0) is 40.0 Å². The van der Waals surface area contributed by atoms with Gasteiger partial charge in [-0.1, -0.05) is 43.7 Å². The number of nitrogens with two attached hydrogens (primary N) is 5. The first-order chi connectivity index (χ1) is 25.6. The highest BCUT2D eigenvalue weighted by Gasteiger charge is 2.32. The number of aliphatic imine (C=N–C) groups is 2. The van der Waals surface area contributed by atoms with E-state index in [0.29, 0.717) is 18.3 Å². The molecule has 1 rings (SSSR count). The van der Waals surface area contributed by atoms with E-state index in [4.69, 9.17) is 33.8 Å². The van der Waals surface area contributed by atoms with Gasteiger partial charge in [0, 0.05) is 25.3 Å². The van der Waals surface area contributed by atoms with Crippen molar-refractivity contribution in [3.05, 3.63) is 35.9 Å². The van der Waals surface area contributed by atoms with Crippen LogP contribution in [0.5, 0.6) is 0 Å². The SMILES string of the molecule is CCC[C@H](NC(=O)[C@H](CCCN=C(N)N)NC(=O)[C@@H](N)CC(=O)O)C(=O)N[C@@H](Cc1ccccc1)C(=O)N[C@@H](CCCN=C(N)N)C(=O)N[C@H](C=O)CS. The minimum atomic E-state index is -1.46. The van der Waals surface area contributed by atoms with Crippen LogP contribution in [0.4, 0.5) is 0 Å². The lowest BCUT2D eigenvalue weighted by molar-refractivity contribution is -0.140. The van der Waals surface area contributed by atoms with Crippen molar-refractivity contribution in [1.82, 2.24) is 26.6 Å². The van der Waals surface area contributed by atoms with Crippen molar-refractivity contribution in [1.29, 1.82) is 0 Å². The number of carbonyl (C=O) groups excluding carboxylic acids is 6. The second-order valence-electron chi connectivity index (χ2n) is 12.3. The molecule has 300 valence electrons. The molecule has 0 fully saturated rings. The average Bonchev–Trinajstić information content (AvgIpc) is 3.12. The average molecular weight is 779 g/mol. The zero-order valence-corrected chi connectivity index (χ0v) is 31.1. The van der Waals surface area contributed by atoms with E-state index in [2.05, 4.69) is 49.2 Å². The Hall–Kier alpha value is -5.44. The Labute approximate surface area is 319 Å². The van der Waals surface area contributed by atoms with E-state index in [9.17, 15) is 33.6 Å². The Kier molecular flexibility index (Phi) is 22.0. The van der Waals surface area contributed by atoms with E-state index in [-0.39, 0.29) is 69.3 Å². The number of carbonyl (C=O) groups is 7. The molecule has 0 unspecified atom stereocenters. The van der Waals surface area contributed by atoms with Crippen LogP contribution in [-0.4, -0.2) is 114 Å². The van der Waals surface area contributed by atoms with Crippen LogP contribution in [0.1, 0.15) is 57.4 Å². The molecular formula is C33H54N12O8S. The predicted molar refractivity (Wildman–Crippen MR) is 205 cm³/mol. The molecule has 0 bridgehead atoms. The Bertz CT molecular complexity index is 1460. The number of benzene rings is 1. The Morgan fingerprint density at radius 1 is 0.722 bits per heavy atom. The first kappa shape index (κ1) is 46.6. The molecule has 0 saturated carbocycles. The molecule has 0 saturated heterocycles. The molecule has 5 amide bonds. The fourth-order valence-electron chi connectivity index (χ4n) is 4.94. The van der Waals surface area contributed by atoms with E-state index in [1.807, 2.05) is 0 Å². The number of rotatable bonds is 26. The second-order valence-corrected chi connectivity index (χ2v) is 12.6. The molecule has 20 nitrogen and oxygen atoms in total. The maximum atomic E-state index is 13.9. The van der Waals surface area contributed by atoms with E-state index in [0.717, 1.165) is 0 Å². The van der Waals surface area contributed by atoms with Gasteiger partial charge in [0.2, 0.25) is 29.5 Å². The van der Waals surface area contributed by atoms with Crippen molar-refractivity contribution in [2.75, 3.05) is 18.8 Å². The third-order valence-corrected chi connectivity index (χ3v) is 8.10. The van der Waals surface area contributed by atoms with Gasteiger partial charge in [0.05, 0.1) is 18.5 Å². The molecule has 21 heteroatoms. The fourth-order valence-corrected chi connectivity index (χ4v) is 5.12. The number of hydrogen-bond donors (Lipinski definition) is 12. The lowest BCUT2D eigenvalue weighted by Crippen LogP contribution is -2.59. The summed E-state index contributed by atoms with van der Waals surface area (Å²) in [4.78, 5) is 97.3. The van der Waals surface area contributed by atoms with E-state index < -0.39 is 78.2 Å². The molecule has 0 aliphatic rings. The van der Waals surface area contributed by atoms with Gasteiger partial charge in [-0.25, -0.2) is 0 Å². The molecule has 0 aliphatic heterocycles. The summed E-state index contributed by atoms with van der Waals surface area (Å²) in [5.41, 5.74) is 27.9. The summed E-state index contributed by atoms with van der Waals surface area (Å²) in [7, 11) is 0. The molecule has 16 N–H and O–H groups in total. The van der Waals surface area contributed by atoms with Crippen molar-refractivity contribution in [2.45, 2.75) is 94.5 Å². The fraction of sp³-hybridized carbons (Fsp3) is 0.545. The Morgan fingerprint density at radius 3 is 1.61 bits per heavy atom. The monoisotopic (exact) mass is 778 g/mol. The van der Waals surface area contributed by atoms with E-state index >= 15 is 0 Å². The molecule has 0 radical (unpaired) electrons. The maximum Gasteiger partial charge on any atom is 0.305 e. The van der Waals surface area contributed by atoms with Gasteiger partial charge in [0.15, 0.2) is 11.9 Å². The van der Waals surface area contributed by atoms with Crippen molar-refractivity contribution in [2.24, 2.45) is 38.7 Å². The minimum Gasteiger partial charge on any atom is -0.481 e. The normalized spacial score (nSPS) is 14.0. The third kappa shape index (κ3) is 18.9. The minimum absolute atomic E-state index is 0.00152. The summed E-state index contributed by atoms with van der Waals surface area (Å²) in [6.45, 7) is 2.02. The predicted octanol–water partition coefficient (Wildman–Crippen LogP) is -3.51. The molecule has 0 aromatic heterocycles. The number of amides is 5. The number of nitrogens with zero attached hydrogens (tertiary/aromatic N) is 2. The Morgan fingerprint density at radius 2 is 1.17 bits per heavy atom. The van der Waals surface area contributed by atoms with Crippen LogP contribution in [0.2, 0.25) is 0 Å². The highest BCUT2D eigenvalue weighted by molar-refractivity contribution is 7.80. The van der Waals surface area contributed by atoms with Gasteiger partial charge >= 0.3 is 5.97 Å². The molecule has 1 aromatic rings. The topological polar surface area (TPSA) is 355 Å². The van der Waals surface area contributed by atoms with Gasteiger partial charge in [0.1, 0.15) is 30.5 Å². The zero-order valence-electron chi connectivity index (χ0n) is 30.2. The highest BCUT2D eigenvalue weighted by Crippen LogP contribution is 2.09. The summed E-state index contributed by atoms with van der Waals surface area (Å²) < 4.78 is 0. The van der Waals surface area contributed by atoms with Gasteiger partial charge < -0.3 is 65.2 Å². The van der Waals surface area contributed by atoms with Crippen LogP contribution < -0.4 is 55.3 Å². The van der Waals surface area contributed by atoms with Crippen molar-refractivity contribution in [3.8, 4) is 0 Å². The molecule has 54 heavy (non-hydrogen) atoms. The molecule has 1 aromatic carbocycles. The zero-order chi connectivity index (χ0) is 40.6. The van der Waals surface area contributed by atoms with Crippen molar-refractivity contribution >= 4 is 66.3 Å². The summed E-state index contributed by atoms with van der Waals surface area (Å²) in [5, 5.41) is 22.0. The summed E-state index contributed by atoms with van der Waals surface area (Å²) in [5.74, 6) is -5.47. The maximum absolute atomic E-state index is 13.9. The third-order valence-electron chi connectivity index (χ3n) is 7.70. The summed E-state index contributed by atoms with van der Waals surface area (Å²) in [6, 6.07) is 1.49. The summed E-state index contributed by atoms with van der Waals surface area (Å²) in [6.07, 6.45) is 0.908. The van der Waals surface area contributed by atoms with Crippen LogP contribution >= 0.6 is 12.6 Å². The Balaban J connectivity index is 3.34. The standard InChI is InChI=1S/C33H54N12O8S/c1-2-8-22(43-30(52)24(12-7-14-40-33(37)38)42-27(49)21(34)16-26(47)48)29(51)45-25(15-19-9-4-3-5-10-19)31(53)44-23(11-6-13-39-32(35)36)28(50)41-20(17-46)18-54/h3-5,9-10,17,20-25,54H,2,6-8,11-16,18,34H2,1H3,(H,41,50)(H,42,49)(H,43,52)(H,44,53)(H,45,51)(H,47,48)(H4,35,36,39)(H4,37,38,40)/t20-,21+,22+,23+,24+,25+/m1/s1. The molecule has 6 atom stereocenters. The number of carboxylic acid groups (broad SMARTS) is 1. The molecular weight excluding hydrogens is 725 g/mol. The number of thiol groups is 1. The van der Waals surface area contributed by atoms with Crippen LogP contribution in [0.3, 0.4) is 0 Å². The quantitative estimate of drug-likeness (QED) is 0.0143. The lowest BCUT2D eigenvalue weighted by atomic mass is 10.0. The molecule has 0 spiro atoms. The van der Waals surface area contributed by atoms with Crippen molar-refractivity contribution < 1.29 is 38.7 Å². The van der Waals surface area contributed by atoms with Gasteiger partial charge in [-0.05, 0) is 37.7 Å². The first-order valence-corrected chi connectivity index (χ1v) is 17.9. The number of hydrogen-bond acceptors (Lipinski definition) is 11. The van der Waals surface area contributed by atoms with Gasteiger partial charge in [-0.15, -0.1) is 0 Å². The van der Waals surface area contributed by atoms with Gasteiger partial charge in [-0.3, -0.25) is 38.8 Å². The number of carboxylic acids is 1. The van der Waals surface area contributed by atoms with Crippen LogP contribution in [0.25, 0.3) is 0 Å². The highest BCUT2D eigenvalue weighted by atomic mass is 32.1. The number of guanidine groups is 2. The summed E-state index contributed by atoms with van der Waals surface area (Å²) >= 11 is 4.06. The second kappa shape index (κ2) is 25.5. The first-order valence-electron chi connectivity index (χ1n) is 17.3. The van der Waals surface area contributed by atoms with Crippen LogP contribution in [0, 0.1) is 0 Å². The van der Waals surface area contributed by atoms with Gasteiger partial charge in [0.25, 0.3) is 0 Å². The van der Waals surface area contributed by atoms with Crippen molar-refractivity contribution in [3.63, 3.8) is 0 Å². The number of aliphatic carboxylic acids is 1. The molecule has 0 heterocycles. The number of aldehydes is 1. The largest absolute Gasteiger partial charge is 0.481 e. The van der Waals surface area contributed by atoms with E-state index in [1.165, 1.54) is 0 Å². The smallest absolute Gasteiger partial charge is 0.305 e.